The lowest BCUT2D eigenvalue weighted by molar-refractivity contribution is 0.0422. The molecule has 0 saturated carbocycles. The number of nitrogens with zero attached hydrogens (tertiary/aromatic N) is 1. The molecule has 11 heavy (non-hydrogen) atoms. The van der Waals surface area contributed by atoms with Crippen molar-refractivity contribution in [3.05, 3.63) is 0 Å². The van der Waals surface area contributed by atoms with Crippen LogP contribution in [0.4, 0.5) is 0 Å². The summed E-state index contributed by atoms with van der Waals surface area (Å²) in [7, 11) is 0. The van der Waals surface area contributed by atoms with Gasteiger partial charge in [0.25, 0.3) is 0 Å². The average molecular weight is 175 g/mol. The lowest BCUT2D eigenvalue weighted by Gasteiger charge is -2.29. The standard InChI is InChI=1S/C7H13NO2S/c9-6-3-8-1-2-11-4-5(8)7(6)10/h5-7,9-10H,1-4H2/t5-,6-,7+/m0/s1. The minimum atomic E-state index is -0.515. The third-order valence-electron chi connectivity index (χ3n) is 2.49. The Hall–Kier alpha value is 0.230. The highest BCUT2D eigenvalue weighted by Gasteiger charge is 2.40. The summed E-state index contributed by atoms with van der Waals surface area (Å²) in [6, 6.07) is 0.212. The van der Waals surface area contributed by atoms with Crippen LogP contribution < -0.4 is 0 Å². The summed E-state index contributed by atoms with van der Waals surface area (Å²) in [6.07, 6.45) is -1.03. The van der Waals surface area contributed by atoms with Crippen LogP contribution in [0.25, 0.3) is 0 Å². The van der Waals surface area contributed by atoms with Gasteiger partial charge in [-0.05, 0) is 0 Å². The van der Waals surface area contributed by atoms with E-state index < -0.39 is 12.2 Å². The molecule has 0 aliphatic carbocycles. The van der Waals surface area contributed by atoms with Gasteiger partial charge in [-0.15, -0.1) is 0 Å². The van der Waals surface area contributed by atoms with Crippen LogP contribution in [0, 0.1) is 0 Å². The van der Waals surface area contributed by atoms with Crippen molar-refractivity contribution in [2.75, 3.05) is 24.6 Å². The van der Waals surface area contributed by atoms with Crippen LogP contribution in [0.2, 0.25) is 0 Å². The highest BCUT2D eigenvalue weighted by molar-refractivity contribution is 7.99. The summed E-state index contributed by atoms with van der Waals surface area (Å²) in [6.45, 7) is 1.68. The molecule has 0 radical (unpaired) electrons. The summed E-state index contributed by atoms with van der Waals surface area (Å²) in [5.41, 5.74) is 0. The van der Waals surface area contributed by atoms with Gasteiger partial charge in [0.2, 0.25) is 0 Å². The predicted molar refractivity (Wildman–Crippen MR) is 44.7 cm³/mol. The quantitative estimate of drug-likeness (QED) is 0.503. The first-order valence-corrected chi connectivity index (χ1v) is 5.12. The zero-order valence-corrected chi connectivity index (χ0v) is 7.13. The Kier molecular flexibility index (Phi) is 2.10. The topological polar surface area (TPSA) is 43.7 Å². The van der Waals surface area contributed by atoms with Gasteiger partial charge in [-0.25, -0.2) is 0 Å². The van der Waals surface area contributed by atoms with E-state index in [1.807, 2.05) is 11.8 Å². The maximum Gasteiger partial charge on any atom is 0.0974 e. The molecule has 0 bridgehead atoms. The van der Waals surface area contributed by atoms with Crippen LogP contribution in [0.5, 0.6) is 0 Å². The van der Waals surface area contributed by atoms with Crippen molar-refractivity contribution in [3.8, 4) is 0 Å². The van der Waals surface area contributed by atoms with Crippen molar-refractivity contribution in [2.45, 2.75) is 18.2 Å². The number of aliphatic hydroxyl groups is 2. The summed E-state index contributed by atoms with van der Waals surface area (Å²) in [4.78, 5) is 2.19. The first-order chi connectivity index (χ1) is 5.29. The summed E-state index contributed by atoms with van der Waals surface area (Å²) in [5.74, 6) is 2.11. The average Bonchev–Trinajstić information content (AvgIpc) is 2.30. The lowest BCUT2D eigenvalue weighted by Crippen LogP contribution is -2.42. The van der Waals surface area contributed by atoms with E-state index in [1.165, 1.54) is 0 Å². The van der Waals surface area contributed by atoms with Crippen molar-refractivity contribution in [1.29, 1.82) is 0 Å². The molecule has 2 N–H and O–H groups in total. The highest BCUT2D eigenvalue weighted by Crippen LogP contribution is 2.26. The van der Waals surface area contributed by atoms with Crippen LogP contribution in [-0.2, 0) is 0 Å². The van der Waals surface area contributed by atoms with Gasteiger partial charge >= 0.3 is 0 Å². The second-order valence-corrected chi connectivity index (χ2v) is 4.34. The molecule has 2 aliphatic heterocycles. The van der Waals surface area contributed by atoms with E-state index in [9.17, 15) is 10.2 Å². The van der Waals surface area contributed by atoms with Crippen LogP contribution in [0.1, 0.15) is 0 Å². The number of fused-ring (bicyclic) bond motifs is 1. The first kappa shape index (κ1) is 7.86. The molecule has 0 unspecified atom stereocenters. The molecular formula is C7H13NO2S. The fourth-order valence-electron chi connectivity index (χ4n) is 1.80. The second kappa shape index (κ2) is 2.94. The van der Waals surface area contributed by atoms with Gasteiger partial charge in [0, 0.05) is 30.6 Å². The lowest BCUT2D eigenvalue weighted by atomic mass is 10.2. The second-order valence-electron chi connectivity index (χ2n) is 3.20. The molecule has 3 atom stereocenters. The zero-order chi connectivity index (χ0) is 7.84. The van der Waals surface area contributed by atoms with E-state index in [2.05, 4.69) is 4.90 Å². The smallest absolute Gasteiger partial charge is 0.0974 e. The molecule has 64 valence electrons. The van der Waals surface area contributed by atoms with Gasteiger partial charge in [-0.1, -0.05) is 0 Å². The third-order valence-corrected chi connectivity index (χ3v) is 3.54. The molecule has 0 spiro atoms. The molecule has 2 aliphatic rings. The monoisotopic (exact) mass is 175 g/mol. The Morgan fingerprint density at radius 1 is 1.36 bits per heavy atom. The minimum Gasteiger partial charge on any atom is -0.389 e. The summed E-state index contributed by atoms with van der Waals surface area (Å²) in [5, 5.41) is 18.8. The van der Waals surface area contributed by atoms with Gasteiger partial charge in [0.05, 0.1) is 12.2 Å². The van der Waals surface area contributed by atoms with Crippen molar-refractivity contribution >= 4 is 11.8 Å². The van der Waals surface area contributed by atoms with E-state index in [0.717, 1.165) is 18.1 Å². The fraction of sp³-hybridized carbons (Fsp3) is 1.00. The Morgan fingerprint density at radius 3 is 2.91 bits per heavy atom. The van der Waals surface area contributed by atoms with Crippen LogP contribution in [-0.4, -0.2) is 58.0 Å². The number of hydrogen-bond donors (Lipinski definition) is 2. The Bertz CT molecular complexity index is 155. The fourth-order valence-corrected chi connectivity index (χ4v) is 2.98. The van der Waals surface area contributed by atoms with E-state index >= 15 is 0 Å². The normalized spacial score (nSPS) is 45.8. The molecule has 0 aromatic carbocycles. The molecule has 0 aromatic heterocycles. The van der Waals surface area contributed by atoms with Crippen molar-refractivity contribution in [2.24, 2.45) is 0 Å². The van der Waals surface area contributed by atoms with E-state index in [-0.39, 0.29) is 6.04 Å². The van der Waals surface area contributed by atoms with Crippen LogP contribution in [0.15, 0.2) is 0 Å². The number of hydrogen-bond acceptors (Lipinski definition) is 4. The maximum atomic E-state index is 9.49. The van der Waals surface area contributed by atoms with Gasteiger partial charge < -0.3 is 10.2 Å². The van der Waals surface area contributed by atoms with Gasteiger partial charge in [-0.2, -0.15) is 11.8 Å². The molecule has 4 heteroatoms. The van der Waals surface area contributed by atoms with Gasteiger partial charge in [0.1, 0.15) is 0 Å². The van der Waals surface area contributed by atoms with E-state index in [1.54, 1.807) is 0 Å². The molecule has 2 fully saturated rings. The Morgan fingerprint density at radius 2 is 2.18 bits per heavy atom. The van der Waals surface area contributed by atoms with E-state index in [0.29, 0.717) is 6.54 Å². The summed E-state index contributed by atoms with van der Waals surface area (Å²) < 4.78 is 0. The molecule has 0 aromatic rings. The number of aliphatic hydroxyl groups excluding tert-OH is 2. The molecule has 2 rings (SSSR count). The highest BCUT2D eigenvalue weighted by atomic mass is 32.2. The van der Waals surface area contributed by atoms with Crippen molar-refractivity contribution in [3.63, 3.8) is 0 Å². The third kappa shape index (κ3) is 1.28. The maximum absolute atomic E-state index is 9.49. The van der Waals surface area contributed by atoms with Crippen LogP contribution >= 0.6 is 11.8 Å². The molecule has 0 amide bonds. The van der Waals surface area contributed by atoms with E-state index in [4.69, 9.17) is 0 Å². The van der Waals surface area contributed by atoms with Gasteiger partial charge in [0.15, 0.2) is 0 Å². The predicted octanol–water partition coefficient (Wildman–Crippen LogP) is -0.861. The van der Waals surface area contributed by atoms with Gasteiger partial charge in [-0.3, -0.25) is 4.90 Å². The molecular weight excluding hydrogens is 162 g/mol. The zero-order valence-electron chi connectivity index (χ0n) is 6.31. The largest absolute Gasteiger partial charge is 0.389 e. The van der Waals surface area contributed by atoms with Crippen LogP contribution in [0.3, 0.4) is 0 Å². The first-order valence-electron chi connectivity index (χ1n) is 3.97. The molecule has 3 nitrogen and oxygen atoms in total. The number of thioether (sulfide) groups is 1. The SMILES string of the molecule is O[C@H]1[C@@H](O)CN2CCSC[C@@H]12. The minimum absolute atomic E-state index is 0.212. The summed E-state index contributed by atoms with van der Waals surface area (Å²) >= 11 is 1.86. The Labute approximate surface area is 70.4 Å². The molecule has 2 heterocycles. The molecule has 2 saturated heterocycles. The van der Waals surface area contributed by atoms with Crippen molar-refractivity contribution < 1.29 is 10.2 Å². The number of rotatable bonds is 0. The Balaban J connectivity index is 2.05. The van der Waals surface area contributed by atoms with Crippen molar-refractivity contribution in [1.82, 2.24) is 4.90 Å².